The Morgan fingerprint density at radius 2 is 1.94 bits per heavy atom. The van der Waals surface area contributed by atoms with Gasteiger partial charge in [-0.2, -0.15) is 13.2 Å². The van der Waals surface area contributed by atoms with Gasteiger partial charge in [-0.25, -0.2) is 0 Å². The molecule has 1 aliphatic rings. The molecule has 0 unspecified atom stereocenters. The molecule has 4 rings (SSSR count). The fourth-order valence-electron chi connectivity index (χ4n) is 2.91. The molecule has 0 radical (unpaired) electrons. The first-order valence-electron chi connectivity index (χ1n) is 9.41. The Kier molecular flexibility index (Phi) is 6.12. The highest BCUT2D eigenvalue weighted by molar-refractivity contribution is 7.99. The molecular formula is C20H18F3N5O3S. The molecule has 32 heavy (non-hydrogen) atoms. The van der Waals surface area contributed by atoms with Gasteiger partial charge in [0.05, 0.1) is 17.9 Å². The number of nitrogens with zero attached hydrogens (tertiary/aromatic N) is 3. The minimum atomic E-state index is -4.41. The van der Waals surface area contributed by atoms with Crippen molar-refractivity contribution in [2.45, 2.75) is 17.9 Å². The van der Waals surface area contributed by atoms with Crippen LogP contribution >= 0.6 is 11.8 Å². The number of thioether (sulfide) groups is 1. The van der Waals surface area contributed by atoms with Gasteiger partial charge in [-0.05, 0) is 30.3 Å². The maximum atomic E-state index is 12.8. The number of fused-ring (bicyclic) bond motifs is 1. The lowest BCUT2D eigenvalue weighted by atomic mass is 10.2. The van der Waals surface area contributed by atoms with Crippen molar-refractivity contribution in [3.05, 3.63) is 53.9 Å². The predicted molar refractivity (Wildman–Crippen MR) is 112 cm³/mol. The average molecular weight is 465 g/mol. The van der Waals surface area contributed by atoms with E-state index in [1.54, 1.807) is 35.9 Å². The third-order valence-corrected chi connectivity index (χ3v) is 5.57. The van der Waals surface area contributed by atoms with Gasteiger partial charge in [0.2, 0.25) is 12.7 Å². The maximum absolute atomic E-state index is 12.8. The van der Waals surface area contributed by atoms with Gasteiger partial charge >= 0.3 is 6.18 Å². The average Bonchev–Trinajstić information content (AvgIpc) is 3.36. The van der Waals surface area contributed by atoms with Crippen molar-refractivity contribution >= 4 is 29.0 Å². The second-order valence-corrected chi connectivity index (χ2v) is 7.74. The summed E-state index contributed by atoms with van der Waals surface area (Å²) in [5.74, 6) is 1.58. The van der Waals surface area contributed by atoms with E-state index >= 15 is 0 Å². The number of rotatable bonds is 7. The molecule has 1 aliphatic heterocycles. The third kappa shape index (κ3) is 5.07. The number of halogens is 3. The number of hydrogen-bond acceptors (Lipinski definition) is 7. The first kappa shape index (κ1) is 21.8. The summed E-state index contributed by atoms with van der Waals surface area (Å²) in [4.78, 5) is 12.3. The van der Waals surface area contributed by atoms with Gasteiger partial charge in [0, 0.05) is 24.5 Å². The molecule has 0 bridgehead atoms. The first-order valence-corrected chi connectivity index (χ1v) is 10.4. The summed E-state index contributed by atoms with van der Waals surface area (Å²) in [5, 5.41) is 14.3. The van der Waals surface area contributed by atoms with E-state index in [2.05, 4.69) is 20.8 Å². The number of carbonyl (C=O) groups is 1. The standard InChI is InChI=1S/C20H18F3N5O3S/c1-28-17(9-24-13-4-2-3-12(7-13)20(21,22)23)26-27-19(28)32-10-18(29)25-14-5-6-15-16(8-14)31-11-30-15/h2-8,24H,9-11H2,1H3,(H,25,29). The first-order chi connectivity index (χ1) is 15.3. The molecule has 1 amide bonds. The van der Waals surface area contributed by atoms with E-state index in [9.17, 15) is 18.0 Å². The molecule has 0 saturated heterocycles. The summed E-state index contributed by atoms with van der Waals surface area (Å²) in [6.45, 7) is 0.328. The Labute approximate surface area is 185 Å². The van der Waals surface area contributed by atoms with Crippen molar-refractivity contribution in [3.63, 3.8) is 0 Å². The number of benzene rings is 2. The zero-order valence-corrected chi connectivity index (χ0v) is 17.6. The van der Waals surface area contributed by atoms with Crippen LogP contribution in [0.4, 0.5) is 24.5 Å². The van der Waals surface area contributed by atoms with Gasteiger partial charge in [0.25, 0.3) is 0 Å². The molecule has 0 saturated carbocycles. The molecule has 0 spiro atoms. The molecule has 0 aliphatic carbocycles. The Balaban J connectivity index is 1.30. The molecule has 2 aromatic carbocycles. The second-order valence-electron chi connectivity index (χ2n) is 6.79. The zero-order chi connectivity index (χ0) is 22.7. The summed E-state index contributed by atoms with van der Waals surface area (Å²) in [7, 11) is 1.72. The maximum Gasteiger partial charge on any atom is 0.416 e. The Morgan fingerprint density at radius 3 is 2.75 bits per heavy atom. The van der Waals surface area contributed by atoms with Gasteiger partial charge in [-0.15, -0.1) is 10.2 Å². The SMILES string of the molecule is Cn1c(CNc2cccc(C(F)(F)F)c2)nnc1SCC(=O)Nc1ccc2c(c1)OCO2. The molecule has 0 fully saturated rings. The van der Waals surface area contributed by atoms with E-state index in [0.717, 1.165) is 12.1 Å². The van der Waals surface area contributed by atoms with E-state index in [0.29, 0.717) is 33.9 Å². The van der Waals surface area contributed by atoms with Gasteiger partial charge < -0.3 is 24.7 Å². The number of anilines is 2. The van der Waals surface area contributed by atoms with Gasteiger partial charge in [-0.1, -0.05) is 17.8 Å². The zero-order valence-electron chi connectivity index (χ0n) is 16.8. The highest BCUT2D eigenvalue weighted by atomic mass is 32.2. The minimum Gasteiger partial charge on any atom is -0.454 e. The fourth-order valence-corrected chi connectivity index (χ4v) is 3.64. The normalized spacial score (nSPS) is 12.6. The Hall–Kier alpha value is -3.41. The minimum absolute atomic E-state index is 0.0987. The van der Waals surface area contributed by atoms with Crippen molar-refractivity contribution in [1.82, 2.24) is 14.8 Å². The fraction of sp³-hybridized carbons (Fsp3) is 0.250. The van der Waals surface area contributed by atoms with Crippen molar-refractivity contribution in [2.24, 2.45) is 7.05 Å². The second kappa shape index (κ2) is 8.99. The Bertz CT molecular complexity index is 1140. The summed E-state index contributed by atoms with van der Waals surface area (Å²) in [6.07, 6.45) is -4.41. The third-order valence-electron chi connectivity index (χ3n) is 4.55. The monoisotopic (exact) mass is 465 g/mol. The smallest absolute Gasteiger partial charge is 0.416 e. The Morgan fingerprint density at radius 1 is 1.12 bits per heavy atom. The number of carbonyl (C=O) groups excluding carboxylic acids is 1. The number of amides is 1. The van der Waals surface area contributed by atoms with Gasteiger partial charge in [0.15, 0.2) is 22.5 Å². The predicted octanol–water partition coefficient (Wildman–Crippen LogP) is 3.91. The van der Waals surface area contributed by atoms with Crippen LogP contribution in [0.3, 0.4) is 0 Å². The van der Waals surface area contributed by atoms with E-state index in [1.807, 2.05) is 0 Å². The highest BCUT2D eigenvalue weighted by Gasteiger charge is 2.30. The largest absolute Gasteiger partial charge is 0.454 e. The van der Waals surface area contributed by atoms with E-state index in [4.69, 9.17) is 9.47 Å². The van der Waals surface area contributed by atoms with Crippen LogP contribution in [0.15, 0.2) is 47.6 Å². The van der Waals surface area contributed by atoms with Crippen LogP contribution in [0.5, 0.6) is 11.5 Å². The van der Waals surface area contributed by atoms with Crippen molar-refractivity contribution in [2.75, 3.05) is 23.2 Å². The molecule has 168 valence electrons. The van der Waals surface area contributed by atoms with Crippen molar-refractivity contribution < 1.29 is 27.4 Å². The lowest BCUT2D eigenvalue weighted by molar-refractivity contribution is -0.137. The highest BCUT2D eigenvalue weighted by Crippen LogP contribution is 2.34. The number of ether oxygens (including phenoxy) is 2. The van der Waals surface area contributed by atoms with E-state index in [1.165, 1.54) is 17.8 Å². The van der Waals surface area contributed by atoms with E-state index < -0.39 is 11.7 Å². The number of nitrogens with one attached hydrogen (secondary N) is 2. The van der Waals surface area contributed by atoms with Crippen LogP contribution in [0, 0.1) is 0 Å². The van der Waals surface area contributed by atoms with E-state index in [-0.39, 0.29) is 25.0 Å². The summed E-state index contributed by atoms with van der Waals surface area (Å²) in [5.41, 5.74) is 0.175. The molecule has 1 aromatic heterocycles. The summed E-state index contributed by atoms with van der Waals surface area (Å²) in [6, 6.07) is 10.0. The number of alkyl halides is 3. The molecular weight excluding hydrogens is 447 g/mol. The number of hydrogen-bond donors (Lipinski definition) is 2. The van der Waals surface area contributed by atoms with Crippen molar-refractivity contribution in [1.29, 1.82) is 0 Å². The van der Waals surface area contributed by atoms with Gasteiger partial charge in [-0.3, -0.25) is 4.79 Å². The van der Waals surface area contributed by atoms with Crippen LogP contribution in [0.2, 0.25) is 0 Å². The van der Waals surface area contributed by atoms with Crippen LogP contribution in [0.25, 0.3) is 0 Å². The lowest BCUT2D eigenvalue weighted by Gasteiger charge is -2.10. The van der Waals surface area contributed by atoms with Crippen molar-refractivity contribution in [3.8, 4) is 11.5 Å². The van der Waals surface area contributed by atoms with Gasteiger partial charge in [0.1, 0.15) is 0 Å². The molecule has 12 heteroatoms. The molecule has 8 nitrogen and oxygen atoms in total. The lowest BCUT2D eigenvalue weighted by Crippen LogP contribution is -2.14. The number of aromatic nitrogens is 3. The molecule has 2 N–H and O–H groups in total. The van der Waals surface area contributed by atoms with Crippen LogP contribution in [0.1, 0.15) is 11.4 Å². The quantitative estimate of drug-likeness (QED) is 0.512. The summed E-state index contributed by atoms with van der Waals surface area (Å²) < 4.78 is 50.7. The van der Waals surface area contributed by atoms with Crippen LogP contribution in [-0.2, 0) is 24.6 Å². The topological polar surface area (TPSA) is 90.3 Å². The van der Waals surface area contributed by atoms with Crippen LogP contribution in [-0.4, -0.2) is 33.2 Å². The molecule has 0 atom stereocenters. The summed E-state index contributed by atoms with van der Waals surface area (Å²) >= 11 is 1.19. The molecule has 3 aromatic rings. The van der Waals surface area contributed by atoms with Crippen LogP contribution < -0.4 is 20.1 Å². The molecule has 2 heterocycles.